The van der Waals surface area contributed by atoms with Crippen LogP contribution < -0.4 is 4.90 Å². The lowest BCUT2D eigenvalue weighted by atomic mass is 9.96. The number of hydrogen-bond acceptors (Lipinski definition) is 4. The molecule has 1 N–H and O–H groups in total. The summed E-state index contributed by atoms with van der Waals surface area (Å²) in [7, 11) is 0. The fourth-order valence-electron chi connectivity index (χ4n) is 2.85. The van der Waals surface area contributed by atoms with Crippen LogP contribution in [0.25, 0.3) is 0 Å². The van der Waals surface area contributed by atoms with Crippen molar-refractivity contribution in [3.63, 3.8) is 0 Å². The van der Waals surface area contributed by atoms with Gasteiger partial charge in [-0.25, -0.2) is 4.98 Å². The number of thiazole rings is 1. The van der Waals surface area contributed by atoms with Gasteiger partial charge < -0.3 is 10.0 Å². The number of rotatable bonds is 4. The average molecular weight is 266 g/mol. The van der Waals surface area contributed by atoms with Crippen LogP contribution in [-0.4, -0.2) is 23.2 Å². The monoisotopic (exact) mass is 266 g/mol. The highest BCUT2D eigenvalue weighted by molar-refractivity contribution is 7.15. The summed E-state index contributed by atoms with van der Waals surface area (Å²) in [6.45, 7) is 4.73. The van der Waals surface area contributed by atoms with Crippen LogP contribution in [0.3, 0.4) is 0 Å². The minimum atomic E-state index is 0.161. The zero-order chi connectivity index (χ0) is 12.5. The second-order valence-corrected chi connectivity index (χ2v) is 6.66. The molecule has 1 aliphatic heterocycles. The zero-order valence-corrected chi connectivity index (χ0v) is 11.9. The Morgan fingerprint density at radius 1 is 1.39 bits per heavy atom. The second kappa shape index (κ2) is 5.17. The van der Waals surface area contributed by atoms with E-state index in [2.05, 4.69) is 11.8 Å². The van der Waals surface area contributed by atoms with Gasteiger partial charge in [0.25, 0.3) is 0 Å². The first-order valence-corrected chi connectivity index (χ1v) is 7.98. The van der Waals surface area contributed by atoms with Gasteiger partial charge >= 0.3 is 0 Å². The van der Waals surface area contributed by atoms with Crippen molar-refractivity contribution in [1.29, 1.82) is 0 Å². The minimum Gasteiger partial charge on any atom is -0.391 e. The lowest BCUT2D eigenvalue weighted by molar-refractivity contribution is 0.284. The van der Waals surface area contributed by atoms with Gasteiger partial charge in [-0.2, -0.15) is 0 Å². The molecular formula is C14H22N2OS. The molecule has 2 fully saturated rings. The van der Waals surface area contributed by atoms with Gasteiger partial charge in [0.05, 0.1) is 17.2 Å². The zero-order valence-electron chi connectivity index (χ0n) is 11.1. The van der Waals surface area contributed by atoms with Crippen LogP contribution in [-0.2, 0) is 6.61 Å². The van der Waals surface area contributed by atoms with Gasteiger partial charge in [-0.15, -0.1) is 0 Å². The number of aromatic nitrogens is 1. The number of aliphatic hydroxyl groups excluding tert-OH is 1. The maximum atomic E-state index is 9.46. The molecule has 0 bridgehead atoms. The molecule has 1 aliphatic carbocycles. The van der Waals surface area contributed by atoms with Gasteiger partial charge in [-0.1, -0.05) is 24.7 Å². The van der Waals surface area contributed by atoms with Gasteiger partial charge in [0.15, 0.2) is 5.13 Å². The van der Waals surface area contributed by atoms with Crippen molar-refractivity contribution in [2.75, 3.05) is 18.0 Å². The van der Waals surface area contributed by atoms with Crippen molar-refractivity contribution in [2.45, 2.75) is 51.6 Å². The molecule has 1 unspecified atom stereocenters. The maximum absolute atomic E-state index is 9.46. The van der Waals surface area contributed by atoms with Crippen LogP contribution in [0.2, 0.25) is 0 Å². The molecule has 2 heterocycles. The van der Waals surface area contributed by atoms with E-state index in [0.29, 0.717) is 5.92 Å². The molecule has 2 aliphatic rings. The molecule has 0 amide bonds. The average Bonchev–Trinajstić information content (AvgIpc) is 3.18. The van der Waals surface area contributed by atoms with E-state index in [-0.39, 0.29) is 6.61 Å². The lowest BCUT2D eigenvalue weighted by Gasteiger charge is -2.31. The second-order valence-electron chi connectivity index (χ2n) is 5.60. The van der Waals surface area contributed by atoms with Crippen molar-refractivity contribution in [3.05, 3.63) is 10.6 Å². The smallest absolute Gasteiger partial charge is 0.185 e. The topological polar surface area (TPSA) is 36.4 Å². The van der Waals surface area contributed by atoms with Crippen molar-refractivity contribution < 1.29 is 5.11 Å². The normalized spacial score (nSPS) is 24.6. The Kier molecular flexibility index (Phi) is 3.57. The molecular weight excluding hydrogens is 244 g/mol. The van der Waals surface area contributed by atoms with Crippen LogP contribution >= 0.6 is 11.3 Å². The summed E-state index contributed by atoms with van der Waals surface area (Å²) >= 11 is 1.71. The van der Waals surface area contributed by atoms with Crippen LogP contribution in [0.1, 0.15) is 55.5 Å². The van der Waals surface area contributed by atoms with Crippen molar-refractivity contribution in [3.8, 4) is 0 Å². The molecule has 1 atom stereocenters. The molecule has 1 saturated carbocycles. The molecule has 1 aromatic heterocycles. The summed E-state index contributed by atoms with van der Waals surface area (Å²) in [4.78, 5) is 8.36. The van der Waals surface area contributed by atoms with Crippen LogP contribution in [0.4, 0.5) is 5.13 Å². The van der Waals surface area contributed by atoms with Crippen LogP contribution in [0, 0.1) is 5.92 Å². The third kappa shape index (κ3) is 2.41. The highest BCUT2D eigenvalue weighted by atomic mass is 32.1. The number of aliphatic hydroxyl groups is 1. The van der Waals surface area contributed by atoms with Gasteiger partial charge in [0, 0.05) is 19.0 Å². The van der Waals surface area contributed by atoms with Crippen LogP contribution in [0.15, 0.2) is 0 Å². The summed E-state index contributed by atoms with van der Waals surface area (Å²) < 4.78 is 0. The molecule has 0 spiro atoms. The highest BCUT2D eigenvalue weighted by Crippen LogP contribution is 2.44. The Hall–Kier alpha value is -0.610. The summed E-state index contributed by atoms with van der Waals surface area (Å²) in [5.74, 6) is 1.47. The standard InChI is InChI=1S/C14H22N2OS/c1-2-10-4-3-7-16(8-10)14-15-13(11-5-6-11)12(9-17)18-14/h10-11,17H,2-9H2,1H3. The van der Waals surface area contributed by atoms with Crippen molar-refractivity contribution >= 4 is 16.5 Å². The number of hydrogen-bond donors (Lipinski definition) is 1. The van der Waals surface area contributed by atoms with E-state index in [0.717, 1.165) is 29.0 Å². The molecule has 0 aromatic carbocycles. The summed E-state index contributed by atoms with van der Waals surface area (Å²) in [5, 5.41) is 10.6. The first-order valence-electron chi connectivity index (χ1n) is 7.17. The van der Waals surface area contributed by atoms with Gasteiger partial charge in [0.1, 0.15) is 0 Å². The highest BCUT2D eigenvalue weighted by Gasteiger charge is 2.31. The van der Waals surface area contributed by atoms with E-state index >= 15 is 0 Å². The van der Waals surface area contributed by atoms with E-state index in [9.17, 15) is 5.11 Å². The summed E-state index contributed by atoms with van der Waals surface area (Å²) in [6.07, 6.45) is 6.43. The Morgan fingerprint density at radius 3 is 2.89 bits per heavy atom. The predicted octanol–water partition coefficient (Wildman–Crippen LogP) is 3.14. The Labute approximate surface area is 113 Å². The third-order valence-corrected chi connectivity index (χ3v) is 5.31. The lowest BCUT2D eigenvalue weighted by Crippen LogP contribution is -2.35. The molecule has 0 radical (unpaired) electrons. The fraction of sp³-hybridized carbons (Fsp3) is 0.786. The Bertz CT molecular complexity index is 414. The molecule has 1 saturated heterocycles. The molecule has 4 heteroatoms. The number of anilines is 1. The molecule has 1 aromatic rings. The molecule has 3 rings (SSSR count). The third-order valence-electron chi connectivity index (χ3n) is 4.19. The first kappa shape index (κ1) is 12.4. The van der Waals surface area contributed by atoms with E-state index in [1.54, 1.807) is 11.3 Å². The molecule has 100 valence electrons. The van der Waals surface area contributed by atoms with Crippen molar-refractivity contribution in [1.82, 2.24) is 4.98 Å². The van der Waals surface area contributed by atoms with E-state index in [1.165, 1.54) is 37.8 Å². The minimum absolute atomic E-state index is 0.161. The first-order chi connectivity index (χ1) is 8.81. The van der Waals surface area contributed by atoms with Crippen molar-refractivity contribution in [2.24, 2.45) is 5.92 Å². The summed E-state index contributed by atoms with van der Waals surface area (Å²) in [5.41, 5.74) is 1.19. The van der Waals surface area contributed by atoms with E-state index in [4.69, 9.17) is 4.98 Å². The van der Waals surface area contributed by atoms with Gasteiger partial charge in [-0.05, 0) is 31.6 Å². The van der Waals surface area contributed by atoms with E-state index in [1.807, 2.05) is 0 Å². The van der Waals surface area contributed by atoms with E-state index < -0.39 is 0 Å². The quantitative estimate of drug-likeness (QED) is 0.909. The van der Waals surface area contributed by atoms with Gasteiger partial charge in [-0.3, -0.25) is 0 Å². The largest absolute Gasteiger partial charge is 0.391 e. The predicted molar refractivity (Wildman–Crippen MR) is 75.2 cm³/mol. The summed E-state index contributed by atoms with van der Waals surface area (Å²) in [6, 6.07) is 0. The SMILES string of the molecule is CCC1CCCN(c2nc(C3CC3)c(CO)s2)C1. The fourth-order valence-corrected chi connectivity index (χ4v) is 3.89. The van der Waals surface area contributed by atoms with Crippen LogP contribution in [0.5, 0.6) is 0 Å². The number of piperidine rings is 1. The number of nitrogens with zero attached hydrogens (tertiary/aromatic N) is 2. The molecule has 18 heavy (non-hydrogen) atoms. The van der Waals surface area contributed by atoms with Gasteiger partial charge in [0.2, 0.25) is 0 Å². The Balaban J connectivity index is 1.78. The maximum Gasteiger partial charge on any atom is 0.185 e. The Morgan fingerprint density at radius 2 is 2.22 bits per heavy atom. The molecule has 3 nitrogen and oxygen atoms in total.